The molecule has 1 rings (SSSR count). The number of anilines is 2. The van der Waals surface area contributed by atoms with Gasteiger partial charge < -0.3 is 16.4 Å². The molecule has 1 aromatic carbocycles. The summed E-state index contributed by atoms with van der Waals surface area (Å²) < 4.78 is 38.0. The van der Waals surface area contributed by atoms with E-state index in [0.29, 0.717) is 6.54 Å². The molecule has 0 aliphatic rings. The Balaban J connectivity index is 2.89. The Kier molecular flexibility index (Phi) is 4.63. The average Bonchev–Trinajstić information content (AvgIpc) is 2.30. The smallest absolute Gasteiger partial charge is 0.398 e. The maximum atomic E-state index is 12.7. The Hall–Kier alpha value is -1.92. The van der Waals surface area contributed by atoms with Crippen LogP contribution in [0.4, 0.5) is 24.5 Å². The van der Waals surface area contributed by atoms with E-state index in [2.05, 4.69) is 10.6 Å². The van der Waals surface area contributed by atoms with Gasteiger partial charge in [-0.15, -0.1) is 0 Å². The van der Waals surface area contributed by atoms with Crippen LogP contribution in [-0.4, -0.2) is 18.5 Å². The molecule has 1 amide bonds. The molecule has 1 atom stereocenters. The van der Waals surface area contributed by atoms with Crippen molar-refractivity contribution in [2.24, 2.45) is 0 Å². The van der Waals surface area contributed by atoms with Crippen LogP contribution in [0.25, 0.3) is 0 Å². The quantitative estimate of drug-likeness (QED) is 0.738. The highest BCUT2D eigenvalue weighted by atomic mass is 19.4. The standard InChI is InChI=1S/C12H16F3N3O/c1-3-17-11(19)7(2)18-8-4-5-10(16)9(6-8)12(13,14)15/h4-7,18H,3,16H2,1-2H3,(H,17,19). The summed E-state index contributed by atoms with van der Waals surface area (Å²) in [7, 11) is 0. The lowest BCUT2D eigenvalue weighted by Crippen LogP contribution is -2.37. The van der Waals surface area contributed by atoms with Gasteiger partial charge in [0.2, 0.25) is 5.91 Å². The van der Waals surface area contributed by atoms with Crippen LogP contribution in [-0.2, 0) is 11.0 Å². The summed E-state index contributed by atoms with van der Waals surface area (Å²) in [6.45, 7) is 3.78. The van der Waals surface area contributed by atoms with Crippen LogP contribution < -0.4 is 16.4 Å². The van der Waals surface area contributed by atoms with Gasteiger partial charge in [0.1, 0.15) is 6.04 Å². The minimum Gasteiger partial charge on any atom is -0.398 e. The first-order valence-electron chi connectivity index (χ1n) is 5.76. The van der Waals surface area contributed by atoms with Crippen LogP contribution in [0.5, 0.6) is 0 Å². The predicted octanol–water partition coefficient (Wildman–Crippen LogP) is 2.22. The van der Waals surface area contributed by atoms with Gasteiger partial charge in [0.25, 0.3) is 0 Å². The van der Waals surface area contributed by atoms with Crippen LogP contribution in [0, 0.1) is 0 Å². The predicted molar refractivity (Wildman–Crippen MR) is 67.6 cm³/mol. The minimum atomic E-state index is -4.52. The van der Waals surface area contributed by atoms with E-state index in [9.17, 15) is 18.0 Å². The van der Waals surface area contributed by atoms with E-state index in [1.54, 1.807) is 13.8 Å². The molecule has 4 nitrogen and oxygen atoms in total. The SMILES string of the molecule is CCNC(=O)C(C)Nc1ccc(N)c(C(F)(F)F)c1. The molecule has 1 aromatic rings. The number of amides is 1. The first-order valence-corrected chi connectivity index (χ1v) is 5.76. The zero-order chi connectivity index (χ0) is 14.6. The van der Waals surface area contributed by atoms with Crippen molar-refractivity contribution >= 4 is 17.3 Å². The summed E-state index contributed by atoms with van der Waals surface area (Å²) in [6, 6.07) is 2.82. The Morgan fingerprint density at radius 2 is 2.05 bits per heavy atom. The number of carbonyl (C=O) groups excluding carboxylic acids is 1. The molecule has 0 heterocycles. The molecule has 106 valence electrons. The maximum Gasteiger partial charge on any atom is 0.418 e. The molecule has 0 aliphatic carbocycles. The van der Waals surface area contributed by atoms with E-state index in [0.717, 1.165) is 12.1 Å². The van der Waals surface area contributed by atoms with Crippen molar-refractivity contribution in [3.05, 3.63) is 23.8 Å². The van der Waals surface area contributed by atoms with E-state index in [-0.39, 0.29) is 17.3 Å². The van der Waals surface area contributed by atoms with E-state index in [1.165, 1.54) is 6.07 Å². The van der Waals surface area contributed by atoms with Crippen molar-refractivity contribution in [1.82, 2.24) is 5.32 Å². The van der Waals surface area contributed by atoms with Gasteiger partial charge in [0.15, 0.2) is 0 Å². The Labute approximate surface area is 109 Å². The molecule has 0 aliphatic heterocycles. The molecule has 0 fully saturated rings. The molecule has 0 saturated carbocycles. The van der Waals surface area contributed by atoms with Crippen molar-refractivity contribution in [1.29, 1.82) is 0 Å². The van der Waals surface area contributed by atoms with Gasteiger partial charge >= 0.3 is 6.18 Å². The largest absolute Gasteiger partial charge is 0.418 e. The van der Waals surface area contributed by atoms with Gasteiger partial charge in [-0.3, -0.25) is 4.79 Å². The molecule has 0 aromatic heterocycles. The van der Waals surface area contributed by atoms with Gasteiger partial charge in [-0.1, -0.05) is 0 Å². The van der Waals surface area contributed by atoms with Crippen molar-refractivity contribution in [2.45, 2.75) is 26.1 Å². The fourth-order valence-electron chi connectivity index (χ4n) is 1.53. The molecule has 7 heteroatoms. The highest BCUT2D eigenvalue weighted by molar-refractivity contribution is 5.84. The molecular formula is C12H16F3N3O. The van der Waals surface area contributed by atoms with E-state index >= 15 is 0 Å². The van der Waals surface area contributed by atoms with E-state index in [1.807, 2.05) is 0 Å². The van der Waals surface area contributed by atoms with Crippen LogP contribution in [0.1, 0.15) is 19.4 Å². The first kappa shape index (κ1) is 15.1. The number of likely N-dealkylation sites (N-methyl/N-ethyl adjacent to an activating group) is 1. The lowest BCUT2D eigenvalue weighted by atomic mass is 10.1. The van der Waals surface area contributed by atoms with E-state index in [4.69, 9.17) is 5.73 Å². The summed E-state index contributed by atoms with van der Waals surface area (Å²) >= 11 is 0. The van der Waals surface area contributed by atoms with Crippen LogP contribution >= 0.6 is 0 Å². The molecule has 0 saturated heterocycles. The molecule has 0 radical (unpaired) electrons. The second-order valence-electron chi connectivity index (χ2n) is 4.06. The number of carbonyl (C=O) groups is 1. The van der Waals surface area contributed by atoms with Crippen molar-refractivity contribution in [2.75, 3.05) is 17.6 Å². The number of hydrogen-bond donors (Lipinski definition) is 3. The Morgan fingerprint density at radius 3 is 2.58 bits per heavy atom. The summed E-state index contributed by atoms with van der Waals surface area (Å²) in [5.41, 5.74) is 4.22. The van der Waals surface area contributed by atoms with Crippen molar-refractivity contribution in [3.8, 4) is 0 Å². The summed E-state index contributed by atoms with van der Waals surface area (Å²) in [5, 5.41) is 5.27. The topological polar surface area (TPSA) is 67.2 Å². The van der Waals surface area contributed by atoms with Gasteiger partial charge in [0.05, 0.1) is 5.56 Å². The lowest BCUT2D eigenvalue weighted by molar-refractivity contribution is -0.136. The highest BCUT2D eigenvalue weighted by Crippen LogP contribution is 2.35. The van der Waals surface area contributed by atoms with Gasteiger partial charge in [-0.2, -0.15) is 13.2 Å². The Bertz CT molecular complexity index is 460. The molecule has 0 bridgehead atoms. The van der Waals surface area contributed by atoms with Gasteiger partial charge in [0, 0.05) is 17.9 Å². The van der Waals surface area contributed by atoms with E-state index < -0.39 is 17.8 Å². The number of hydrogen-bond acceptors (Lipinski definition) is 3. The lowest BCUT2D eigenvalue weighted by Gasteiger charge is -2.17. The number of nitrogens with one attached hydrogen (secondary N) is 2. The molecule has 1 unspecified atom stereocenters. The minimum absolute atomic E-state index is 0.195. The number of nitrogens with two attached hydrogens (primary N) is 1. The van der Waals surface area contributed by atoms with Crippen LogP contribution in [0.15, 0.2) is 18.2 Å². The summed E-state index contributed by atoms with van der Waals surface area (Å²) in [6.07, 6.45) is -4.52. The molecular weight excluding hydrogens is 259 g/mol. The number of nitrogen functional groups attached to an aromatic ring is 1. The van der Waals surface area contributed by atoms with Crippen molar-refractivity contribution < 1.29 is 18.0 Å². The summed E-state index contributed by atoms with van der Waals surface area (Å²) in [4.78, 5) is 11.5. The summed E-state index contributed by atoms with van der Waals surface area (Å²) in [5.74, 6) is -0.284. The van der Waals surface area contributed by atoms with Gasteiger partial charge in [-0.05, 0) is 32.0 Å². The monoisotopic (exact) mass is 275 g/mol. The second-order valence-corrected chi connectivity index (χ2v) is 4.06. The first-order chi connectivity index (χ1) is 8.75. The number of halogens is 3. The second kappa shape index (κ2) is 5.81. The van der Waals surface area contributed by atoms with Crippen molar-refractivity contribution in [3.63, 3.8) is 0 Å². The third-order valence-electron chi connectivity index (χ3n) is 2.49. The zero-order valence-electron chi connectivity index (χ0n) is 10.6. The third kappa shape index (κ3) is 4.04. The maximum absolute atomic E-state index is 12.7. The molecule has 4 N–H and O–H groups in total. The fraction of sp³-hybridized carbons (Fsp3) is 0.417. The van der Waals surface area contributed by atoms with Crippen LogP contribution in [0.2, 0.25) is 0 Å². The average molecular weight is 275 g/mol. The fourth-order valence-corrected chi connectivity index (χ4v) is 1.53. The number of benzene rings is 1. The highest BCUT2D eigenvalue weighted by Gasteiger charge is 2.33. The molecule has 0 spiro atoms. The Morgan fingerprint density at radius 1 is 1.42 bits per heavy atom. The van der Waals surface area contributed by atoms with Gasteiger partial charge in [-0.25, -0.2) is 0 Å². The molecule has 19 heavy (non-hydrogen) atoms. The third-order valence-corrected chi connectivity index (χ3v) is 2.49. The number of alkyl halides is 3. The number of rotatable bonds is 4. The normalized spacial score (nSPS) is 12.9. The van der Waals surface area contributed by atoms with Crippen LogP contribution in [0.3, 0.4) is 0 Å². The zero-order valence-corrected chi connectivity index (χ0v) is 10.6.